The average molecular weight is 130 g/mol. The molecule has 9 heavy (non-hydrogen) atoms. The first-order valence-electron chi connectivity index (χ1n) is 2.11. The number of hydroxylamine groups is 1. The summed E-state index contributed by atoms with van der Waals surface area (Å²) in [5.74, 6) is 0. The van der Waals surface area contributed by atoms with Crippen LogP contribution in [0.3, 0.4) is 0 Å². The first-order valence-corrected chi connectivity index (χ1v) is 2.11. The summed E-state index contributed by atoms with van der Waals surface area (Å²) in [4.78, 5) is 12.7. The van der Waals surface area contributed by atoms with Crippen molar-refractivity contribution < 1.29 is 10.0 Å². The van der Waals surface area contributed by atoms with Crippen LogP contribution in [0.15, 0.2) is 30.0 Å². The number of rotatable bonds is 0. The predicted molar refractivity (Wildman–Crippen MR) is 30.1 cm³/mol. The van der Waals surface area contributed by atoms with Crippen LogP contribution in [-0.2, 0) is 4.84 Å². The van der Waals surface area contributed by atoms with Gasteiger partial charge in [0.1, 0.15) is 6.26 Å². The molecule has 0 unspecified atom stereocenters. The molecule has 2 N–H and O–H groups in total. The number of allylic oxidation sites excluding steroid dienone is 2. The van der Waals surface area contributed by atoms with Crippen LogP contribution in [0.5, 0.6) is 0 Å². The molecule has 0 aromatic heterocycles. The number of nitrogens with zero attached hydrogens (tertiary/aromatic N) is 1. The van der Waals surface area contributed by atoms with Gasteiger partial charge in [-0.05, 0) is 12.2 Å². The molecule has 1 aliphatic heterocycles. The highest BCUT2D eigenvalue weighted by atomic mass is 16.6. The van der Waals surface area contributed by atoms with E-state index >= 15 is 0 Å². The van der Waals surface area contributed by atoms with Gasteiger partial charge in [0.05, 0.1) is 0 Å². The Labute approximate surface area is 51.5 Å². The third kappa shape index (κ3) is 6.48. The van der Waals surface area contributed by atoms with Crippen molar-refractivity contribution >= 4 is 0 Å². The van der Waals surface area contributed by atoms with Crippen molar-refractivity contribution in [2.75, 3.05) is 0 Å². The molecule has 50 valence electrons. The Morgan fingerprint density at radius 1 is 1.56 bits per heavy atom. The standard InChI is InChI=1S/C4H5NO.HNO2/c1-2-4-6-5-3-1;2-1-3/h1-5H;(H,2,3). The van der Waals surface area contributed by atoms with Crippen LogP contribution in [0.1, 0.15) is 0 Å². The van der Waals surface area contributed by atoms with Crippen molar-refractivity contribution in [3.05, 3.63) is 29.5 Å². The maximum Gasteiger partial charge on any atom is 0.152 e. The largest absolute Gasteiger partial charge is 0.391 e. The first kappa shape index (κ1) is 7.48. The van der Waals surface area contributed by atoms with Crippen LogP contribution in [-0.4, -0.2) is 5.21 Å². The number of hydrogen-bond acceptors (Lipinski definition) is 4. The third-order valence-electron chi connectivity index (χ3n) is 0.490. The van der Waals surface area contributed by atoms with Gasteiger partial charge in [0.2, 0.25) is 0 Å². The van der Waals surface area contributed by atoms with Crippen LogP contribution in [0, 0.1) is 4.91 Å². The van der Waals surface area contributed by atoms with Crippen molar-refractivity contribution in [2.24, 2.45) is 5.34 Å². The van der Waals surface area contributed by atoms with Crippen molar-refractivity contribution in [2.45, 2.75) is 0 Å². The minimum Gasteiger partial charge on any atom is -0.391 e. The fourth-order valence-electron chi connectivity index (χ4n) is 0.258. The molecule has 0 spiro atoms. The molecule has 0 bridgehead atoms. The lowest BCUT2D eigenvalue weighted by Gasteiger charge is -1.97. The summed E-state index contributed by atoms with van der Waals surface area (Å²) in [6.45, 7) is 0. The molecular weight excluding hydrogens is 124 g/mol. The minimum absolute atomic E-state index is 1.25. The van der Waals surface area contributed by atoms with Gasteiger partial charge in [0.15, 0.2) is 5.34 Å². The maximum atomic E-state index is 8.11. The SMILES string of the molecule is C1=CNOC=C1.O=NO. The molecular formula is C4H6N2O3. The summed E-state index contributed by atoms with van der Waals surface area (Å²) < 4.78 is 0. The molecule has 1 aliphatic rings. The molecule has 0 aliphatic carbocycles. The van der Waals surface area contributed by atoms with Gasteiger partial charge in [-0.3, -0.25) is 0 Å². The van der Waals surface area contributed by atoms with Gasteiger partial charge >= 0.3 is 0 Å². The molecule has 5 nitrogen and oxygen atoms in total. The third-order valence-corrected chi connectivity index (χ3v) is 0.490. The molecule has 0 saturated carbocycles. The fraction of sp³-hybridized carbons (Fsp3) is 0. The summed E-state index contributed by atoms with van der Waals surface area (Å²) in [7, 11) is 0. The van der Waals surface area contributed by atoms with Crippen LogP contribution in [0.2, 0.25) is 0 Å². The number of nitrogens with one attached hydrogen (secondary N) is 1. The molecule has 1 rings (SSSR count). The second kappa shape index (κ2) is 6.48. The van der Waals surface area contributed by atoms with Gasteiger partial charge in [-0.2, -0.15) is 0 Å². The number of hydrogen-bond donors (Lipinski definition) is 2. The second-order valence-corrected chi connectivity index (χ2v) is 1.01. The molecule has 0 aromatic rings. The predicted octanol–water partition coefficient (Wildman–Crippen LogP) is 0.691. The zero-order valence-corrected chi connectivity index (χ0v) is 4.52. The zero-order chi connectivity index (χ0) is 6.95. The Balaban J connectivity index is 0.000000187. The smallest absolute Gasteiger partial charge is 0.152 e. The summed E-state index contributed by atoms with van der Waals surface area (Å²) in [6, 6.07) is 0. The van der Waals surface area contributed by atoms with E-state index in [0.717, 1.165) is 0 Å². The quantitative estimate of drug-likeness (QED) is 0.374. The lowest BCUT2D eigenvalue weighted by Crippen LogP contribution is -2.01. The summed E-state index contributed by atoms with van der Waals surface area (Å²) in [5.41, 5.74) is 2.52. The average Bonchev–Trinajstić information content (AvgIpc) is 1.93. The molecule has 0 atom stereocenters. The Morgan fingerprint density at radius 3 is 2.33 bits per heavy atom. The maximum absolute atomic E-state index is 8.11. The highest BCUT2D eigenvalue weighted by Gasteiger charge is 1.72. The Kier molecular flexibility index (Phi) is 5.39. The van der Waals surface area contributed by atoms with Crippen LogP contribution >= 0.6 is 0 Å². The van der Waals surface area contributed by atoms with Gasteiger partial charge < -0.3 is 10.0 Å². The minimum atomic E-state index is 1.25. The summed E-state index contributed by atoms with van der Waals surface area (Å²) in [5, 5.41) is 7.89. The Hall–Kier alpha value is -1.52. The van der Waals surface area contributed by atoms with Crippen molar-refractivity contribution in [1.82, 2.24) is 5.48 Å². The van der Waals surface area contributed by atoms with Crippen LogP contribution < -0.4 is 5.48 Å². The molecule has 0 radical (unpaired) electrons. The van der Waals surface area contributed by atoms with Gasteiger partial charge in [-0.25, -0.2) is 5.48 Å². The molecule has 0 amide bonds. The summed E-state index contributed by atoms with van der Waals surface area (Å²) in [6.07, 6.45) is 6.93. The lowest BCUT2D eigenvalue weighted by molar-refractivity contribution is 0.172. The van der Waals surface area contributed by atoms with Gasteiger partial charge in [-0.1, -0.05) is 0 Å². The molecule has 5 heteroatoms. The van der Waals surface area contributed by atoms with E-state index in [-0.39, 0.29) is 0 Å². The second-order valence-electron chi connectivity index (χ2n) is 1.01. The molecule has 0 aromatic carbocycles. The van der Waals surface area contributed by atoms with E-state index in [1.54, 1.807) is 18.5 Å². The van der Waals surface area contributed by atoms with Gasteiger partial charge in [0, 0.05) is 6.20 Å². The highest BCUT2D eigenvalue weighted by molar-refractivity contribution is 5.00. The summed E-state index contributed by atoms with van der Waals surface area (Å²) >= 11 is 0. The van der Waals surface area contributed by atoms with Gasteiger partial charge in [0.25, 0.3) is 0 Å². The van der Waals surface area contributed by atoms with E-state index < -0.39 is 0 Å². The zero-order valence-electron chi connectivity index (χ0n) is 4.52. The van der Waals surface area contributed by atoms with E-state index in [9.17, 15) is 0 Å². The van der Waals surface area contributed by atoms with Crippen molar-refractivity contribution in [3.63, 3.8) is 0 Å². The van der Waals surface area contributed by atoms with E-state index in [2.05, 4.69) is 10.3 Å². The highest BCUT2D eigenvalue weighted by Crippen LogP contribution is 1.80. The molecule has 1 heterocycles. The lowest BCUT2D eigenvalue weighted by atomic mass is 10.6. The van der Waals surface area contributed by atoms with Crippen LogP contribution in [0.25, 0.3) is 0 Å². The van der Waals surface area contributed by atoms with E-state index in [1.807, 2.05) is 6.08 Å². The van der Waals surface area contributed by atoms with Crippen LogP contribution in [0.4, 0.5) is 0 Å². The van der Waals surface area contributed by atoms with E-state index in [1.165, 1.54) is 5.34 Å². The molecule has 0 fully saturated rings. The van der Waals surface area contributed by atoms with Crippen molar-refractivity contribution in [3.8, 4) is 0 Å². The van der Waals surface area contributed by atoms with Crippen molar-refractivity contribution in [1.29, 1.82) is 0 Å². The Morgan fingerprint density at radius 2 is 2.22 bits per heavy atom. The topological polar surface area (TPSA) is 70.9 Å². The van der Waals surface area contributed by atoms with E-state index in [4.69, 9.17) is 10.1 Å². The van der Waals surface area contributed by atoms with E-state index in [0.29, 0.717) is 0 Å². The fourth-order valence-corrected chi connectivity index (χ4v) is 0.258. The first-order chi connectivity index (χ1) is 4.41. The monoisotopic (exact) mass is 130 g/mol. The normalized spacial score (nSPS) is 12.0. The molecule has 0 saturated heterocycles. The van der Waals surface area contributed by atoms with Gasteiger partial charge in [-0.15, -0.1) is 4.91 Å². The Bertz CT molecular complexity index is 109.